The van der Waals surface area contributed by atoms with Gasteiger partial charge in [0.15, 0.2) is 5.76 Å². The first-order valence-corrected chi connectivity index (χ1v) is 7.52. The third-order valence-electron chi connectivity index (χ3n) is 3.94. The van der Waals surface area contributed by atoms with Crippen molar-refractivity contribution in [1.29, 1.82) is 0 Å². The molecule has 0 atom stereocenters. The van der Waals surface area contributed by atoms with E-state index < -0.39 is 5.82 Å². The number of carbonyl (C=O) groups excluding carboxylic acids is 2. The molecule has 1 N–H and O–H groups in total. The summed E-state index contributed by atoms with van der Waals surface area (Å²) in [5.41, 5.74) is 0.305. The molecule has 1 fully saturated rings. The highest BCUT2D eigenvalue weighted by Gasteiger charge is 2.26. The van der Waals surface area contributed by atoms with Crippen molar-refractivity contribution in [1.82, 2.24) is 10.2 Å². The molecular weight excluding hydrogens is 299 g/mol. The predicted octanol–water partition coefficient (Wildman–Crippen LogP) is 2.45. The molecule has 0 aliphatic carbocycles. The van der Waals surface area contributed by atoms with Crippen LogP contribution in [-0.4, -0.2) is 35.8 Å². The van der Waals surface area contributed by atoms with Crippen molar-refractivity contribution in [2.75, 3.05) is 13.1 Å². The van der Waals surface area contributed by atoms with Crippen LogP contribution in [0.25, 0.3) is 0 Å². The summed E-state index contributed by atoms with van der Waals surface area (Å²) in [6.45, 7) is 1.10. The molecule has 3 rings (SSSR count). The van der Waals surface area contributed by atoms with Gasteiger partial charge in [-0.1, -0.05) is 6.07 Å². The van der Waals surface area contributed by atoms with E-state index in [0.717, 1.165) is 0 Å². The minimum atomic E-state index is -0.434. The normalized spacial score (nSPS) is 15.4. The van der Waals surface area contributed by atoms with Crippen LogP contribution in [0.5, 0.6) is 0 Å². The highest BCUT2D eigenvalue weighted by molar-refractivity contribution is 5.94. The van der Waals surface area contributed by atoms with Crippen LogP contribution in [0.3, 0.4) is 0 Å². The van der Waals surface area contributed by atoms with Gasteiger partial charge in [0.05, 0.1) is 6.26 Å². The SMILES string of the molecule is O=C(NC1CCN(C(=O)c2ccco2)CC1)c1cccc(F)c1. The Bertz CT molecular complexity index is 692. The fourth-order valence-corrected chi connectivity index (χ4v) is 2.68. The van der Waals surface area contributed by atoms with E-state index >= 15 is 0 Å². The first-order chi connectivity index (χ1) is 11.1. The number of carbonyl (C=O) groups is 2. The lowest BCUT2D eigenvalue weighted by Gasteiger charge is -2.31. The highest BCUT2D eigenvalue weighted by Crippen LogP contribution is 2.15. The molecule has 0 unspecified atom stereocenters. The topological polar surface area (TPSA) is 62.6 Å². The maximum absolute atomic E-state index is 13.1. The zero-order valence-corrected chi connectivity index (χ0v) is 12.5. The molecule has 0 spiro atoms. The molecule has 23 heavy (non-hydrogen) atoms. The number of likely N-dealkylation sites (tertiary alicyclic amines) is 1. The highest BCUT2D eigenvalue weighted by atomic mass is 19.1. The van der Waals surface area contributed by atoms with Crippen LogP contribution in [0.1, 0.15) is 33.8 Å². The maximum atomic E-state index is 13.1. The molecule has 6 heteroatoms. The first kappa shape index (κ1) is 15.3. The standard InChI is InChI=1S/C17H17FN2O3/c18-13-4-1-3-12(11-13)16(21)19-14-6-8-20(9-7-14)17(22)15-5-2-10-23-15/h1-5,10-11,14H,6-9H2,(H,19,21). The summed E-state index contributed by atoms with van der Waals surface area (Å²) < 4.78 is 18.3. The largest absolute Gasteiger partial charge is 0.459 e. The number of piperidine rings is 1. The van der Waals surface area contributed by atoms with E-state index in [4.69, 9.17) is 4.42 Å². The summed E-state index contributed by atoms with van der Waals surface area (Å²) in [6, 6.07) is 8.90. The third-order valence-corrected chi connectivity index (χ3v) is 3.94. The number of halogens is 1. The molecule has 0 saturated carbocycles. The number of nitrogens with one attached hydrogen (secondary N) is 1. The Morgan fingerprint density at radius 3 is 2.61 bits per heavy atom. The van der Waals surface area contributed by atoms with Gasteiger partial charge < -0.3 is 14.6 Å². The molecule has 2 aromatic rings. The molecule has 1 aromatic heterocycles. The maximum Gasteiger partial charge on any atom is 0.289 e. The molecule has 0 bridgehead atoms. The summed E-state index contributed by atoms with van der Waals surface area (Å²) in [7, 11) is 0. The summed E-state index contributed by atoms with van der Waals surface area (Å²) >= 11 is 0. The second-order valence-corrected chi connectivity index (χ2v) is 5.53. The Morgan fingerprint density at radius 1 is 1.17 bits per heavy atom. The van der Waals surface area contributed by atoms with Gasteiger partial charge in [0, 0.05) is 24.7 Å². The third kappa shape index (κ3) is 3.59. The summed E-state index contributed by atoms with van der Waals surface area (Å²) in [5, 5.41) is 2.89. The summed E-state index contributed by atoms with van der Waals surface area (Å²) in [6.07, 6.45) is 2.79. The number of nitrogens with zero attached hydrogens (tertiary/aromatic N) is 1. The monoisotopic (exact) mass is 316 g/mol. The molecule has 1 aliphatic heterocycles. The van der Waals surface area contributed by atoms with Crippen molar-refractivity contribution < 1.29 is 18.4 Å². The fraction of sp³-hybridized carbons (Fsp3) is 0.294. The lowest BCUT2D eigenvalue weighted by atomic mass is 10.0. The minimum Gasteiger partial charge on any atom is -0.459 e. The zero-order chi connectivity index (χ0) is 16.2. The van der Waals surface area contributed by atoms with Gasteiger partial charge in [-0.05, 0) is 43.2 Å². The minimum absolute atomic E-state index is 0.0218. The van der Waals surface area contributed by atoms with Gasteiger partial charge in [0.25, 0.3) is 11.8 Å². The van der Waals surface area contributed by atoms with Gasteiger partial charge in [-0.25, -0.2) is 4.39 Å². The van der Waals surface area contributed by atoms with Crippen LogP contribution in [0.2, 0.25) is 0 Å². The quantitative estimate of drug-likeness (QED) is 0.946. The molecular formula is C17H17FN2O3. The van der Waals surface area contributed by atoms with Crippen molar-refractivity contribution in [2.45, 2.75) is 18.9 Å². The smallest absolute Gasteiger partial charge is 0.289 e. The lowest BCUT2D eigenvalue weighted by Crippen LogP contribution is -2.46. The van der Waals surface area contributed by atoms with Crippen LogP contribution < -0.4 is 5.32 Å². The van der Waals surface area contributed by atoms with E-state index in [2.05, 4.69) is 5.32 Å². The molecule has 2 heterocycles. The van der Waals surface area contributed by atoms with E-state index in [9.17, 15) is 14.0 Å². The second kappa shape index (κ2) is 6.64. The first-order valence-electron chi connectivity index (χ1n) is 7.52. The van der Waals surface area contributed by atoms with Crippen molar-refractivity contribution >= 4 is 11.8 Å². The average molecular weight is 316 g/mol. The molecule has 120 valence electrons. The predicted molar refractivity (Wildman–Crippen MR) is 81.5 cm³/mol. The molecule has 1 aliphatic rings. The Kier molecular flexibility index (Phi) is 4.41. The van der Waals surface area contributed by atoms with E-state index in [1.807, 2.05) is 0 Å². The molecule has 1 saturated heterocycles. The van der Waals surface area contributed by atoms with E-state index in [0.29, 0.717) is 37.3 Å². The van der Waals surface area contributed by atoms with Gasteiger partial charge in [0.1, 0.15) is 5.82 Å². The molecule has 0 radical (unpaired) electrons. The summed E-state index contributed by atoms with van der Waals surface area (Å²) in [4.78, 5) is 26.0. The van der Waals surface area contributed by atoms with Gasteiger partial charge in [-0.15, -0.1) is 0 Å². The van der Waals surface area contributed by atoms with Crippen LogP contribution in [0, 0.1) is 5.82 Å². The number of amides is 2. The lowest BCUT2D eigenvalue weighted by molar-refractivity contribution is 0.0667. The Hall–Kier alpha value is -2.63. The second-order valence-electron chi connectivity index (χ2n) is 5.53. The van der Waals surface area contributed by atoms with E-state index in [-0.39, 0.29) is 17.9 Å². The average Bonchev–Trinajstić information content (AvgIpc) is 3.09. The number of benzene rings is 1. The van der Waals surface area contributed by atoms with Gasteiger partial charge in [-0.3, -0.25) is 9.59 Å². The number of furan rings is 1. The number of hydrogen-bond acceptors (Lipinski definition) is 3. The Morgan fingerprint density at radius 2 is 1.96 bits per heavy atom. The fourth-order valence-electron chi connectivity index (χ4n) is 2.68. The Labute approximate surface area is 133 Å². The van der Waals surface area contributed by atoms with Crippen molar-refractivity contribution in [3.63, 3.8) is 0 Å². The molecule has 1 aromatic carbocycles. The van der Waals surface area contributed by atoms with Crippen LogP contribution in [0.4, 0.5) is 4.39 Å². The zero-order valence-electron chi connectivity index (χ0n) is 12.5. The number of hydrogen-bond donors (Lipinski definition) is 1. The van der Waals surface area contributed by atoms with E-state index in [1.165, 1.54) is 24.5 Å². The van der Waals surface area contributed by atoms with Crippen LogP contribution >= 0.6 is 0 Å². The molecule has 2 amide bonds. The number of rotatable bonds is 3. The Balaban J connectivity index is 1.53. The van der Waals surface area contributed by atoms with Crippen molar-refractivity contribution in [3.8, 4) is 0 Å². The van der Waals surface area contributed by atoms with E-state index in [1.54, 1.807) is 23.1 Å². The van der Waals surface area contributed by atoms with Gasteiger partial charge in [0.2, 0.25) is 0 Å². The van der Waals surface area contributed by atoms with Crippen molar-refractivity contribution in [3.05, 3.63) is 59.8 Å². The van der Waals surface area contributed by atoms with Gasteiger partial charge in [-0.2, -0.15) is 0 Å². The van der Waals surface area contributed by atoms with Crippen LogP contribution in [0.15, 0.2) is 47.1 Å². The van der Waals surface area contributed by atoms with Crippen LogP contribution in [-0.2, 0) is 0 Å². The molecule has 5 nitrogen and oxygen atoms in total. The summed E-state index contributed by atoms with van der Waals surface area (Å²) in [5.74, 6) is -0.533. The van der Waals surface area contributed by atoms with Gasteiger partial charge >= 0.3 is 0 Å². The van der Waals surface area contributed by atoms with Crippen molar-refractivity contribution in [2.24, 2.45) is 0 Å².